The zero-order valence-corrected chi connectivity index (χ0v) is 22.4. The van der Waals surface area contributed by atoms with Crippen molar-refractivity contribution in [2.75, 3.05) is 11.5 Å². The number of allylic oxidation sites excluding steroid dienone is 3. The van der Waals surface area contributed by atoms with E-state index in [0.717, 1.165) is 48.9 Å². The summed E-state index contributed by atoms with van der Waals surface area (Å²) in [5.41, 5.74) is 10.5. The standard InChI is InChI=1S/C29H32N4O3S/c1-4-36-28(35)24-18-10-6-5-7-11-22(18)37-27(24)33-20-13-29(2,3)14-21(34)25(20)23(19(15-30)26(33)31)17-9-8-12-32-16-17/h8-9,12,16,23H,4-7,10-11,13-14,31H2,1-3H3/t23-/m0/s1. The summed E-state index contributed by atoms with van der Waals surface area (Å²) in [4.78, 5) is 34.4. The van der Waals surface area contributed by atoms with Gasteiger partial charge in [0, 0.05) is 35.0 Å². The molecule has 3 heterocycles. The zero-order valence-electron chi connectivity index (χ0n) is 21.6. The van der Waals surface area contributed by atoms with E-state index in [9.17, 15) is 14.9 Å². The lowest BCUT2D eigenvalue weighted by molar-refractivity contribution is -0.118. The number of nitrogens with zero attached hydrogens (tertiary/aromatic N) is 3. The fourth-order valence-corrected chi connectivity index (χ4v) is 7.34. The van der Waals surface area contributed by atoms with Crippen LogP contribution in [0.2, 0.25) is 0 Å². The molecular formula is C29H32N4O3S. The second kappa shape index (κ2) is 9.79. The number of carbonyl (C=O) groups is 2. The van der Waals surface area contributed by atoms with Gasteiger partial charge in [-0.3, -0.25) is 14.7 Å². The van der Waals surface area contributed by atoms with Crippen LogP contribution in [0.3, 0.4) is 0 Å². The van der Waals surface area contributed by atoms with Crippen LogP contribution in [0.1, 0.15) is 85.2 Å². The van der Waals surface area contributed by atoms with Gasteiger partial charge in [0.15, 0.2) is 5.78 Å². The molecule has 1 aliphatic heterocycles. The smallest absolute Gasteiger partial charge is 0.341 e. The molecule has 3 aliphatic rings. The average Bonchev–Trinajstić information content (AvgIpc) is 3.05. The summed E-state index contributed by atoms with van der Waals surface area (Å²) in [6.07, 6.45) is 9.22. The summed E-state index contributed by atoms with van der Waals surface area (Å²) in [5.74, 6) is -0.692. The van der Waals surface area contributed by atoms with Gasteiger partial charge in [0.1, 0.15) is 10.8 Å². The number of aromatic nitrogens is 1. The first-order chi connectivity index (χ1) is 17.8. The highest BCUT2D eigenvalue weighted by molar-refractivity contribution is 7.16. The Morgan fingerprint density at radius 1 is 1.30 bits per heavy atom. The maximum absolute atomic E-state index is 13.8. The molecule has 0 saturated heterocycles. The summed E-state index contributed by atoms with van der Waals surface area (Å²) < 4.78 is 5.53. The number of carbonyl (C=O) groups excluding carboxylic acids is 2. The van der Waals surface area contributed by atoms with Gasteiger partial charge in [0.05, 0.1) is 29.7 Å². The third kappa shape index (κ3) is 4.36. The molecular weight excluding hydrogens is 484 g/mol. The number of nitriles is 1. The molecule has 37 heavy (non-hydrogen) atoms. The maximum Gasteiger partial charge on any atom is 0.341 e. The van der Waals surface area contributed by atoms with Crippen molar-refractivity contribution in [2.24, 2.45) is 11.1 Å². The summed E-state index contributed by atoms with van der Waals surface area (Å²) in [5, 5.41) is 11.0. The SMILES string of the molecule is CCOC(=O)c1c(N2C(N)=C(C#N)[C@H](c3cccnc3)C3=C2CC(C)(C)CC3=O)sc2c1CCCCC2. The number of hydrogen-bond donors (Lipinski definition) is 1. The number of fused-ring (bicyclic) bond motifs is 1. The second-order valence-electron chi connectivity index (χ2n) is 10.7. The molecule has 0 bridgehead atoms. The highest BCUT2D eigenvalue weighted by Crippen LogP contribution is 2.52. The summed E-state index contributed by atoms with van der Waals surface area (Å²) in [6, 6.07) is 6.00. The molecule has 0 aromatic carbocycles. The number of ether oxygens (including phenoxy) is 1. The predicted octanol–water partition coefficient (Wildman–Crippen LogP) is 5.53. The largest absolute Gasteiger partial charge is 0.462 e. The van der Waals surface area contributed by atoms with Crippen molar-refractivity contribution < 1.29 is 14.3 Å². The Labute approximate surface area is 221 Å². The van der Waals surface area contributed by atoms with Crippen molar-refractivity contribution in [2.45, 2.75) is 71.6 Å². The van der Waals surface area contributed by atoms with Crippen LogP contribution in [-0.2, 0) is 22.4 Å². The molecule has 5 rings (SSSR count). The fraction of sp³-hybridized carbons (Fsp3) is 0.448. The molecule has 2 aromatic rings. The Kier molecular flexibility index (Phi) is 6.67. The van der Waals surface area contributed by atoms with E-state index in [0.29, 0.717) is 34.6 Å². The van der Waals surface area contributed by atoms with Gasteiger partial charge in [0.25, 0.3) is 0 Å². The van der Waals surface area contributed by atoms with Crippen LogP contribution in [-0.4, -0.2) is 23.3 Å². The molecule has 8 heteroatoms. The highest BCUT2D eigenvalue weighted by atomic mass is 32.1. The van der Waals surface area contributed by atoms with E-state index in [1.807, 2.05) is 11.0 Å². The topological polar surface area (TPSA) is 109 Å². The average molecular weight is 517 g/mol. The quantitative estimate of drug-likeness (QED) is 0.420. The third-order valence-corrected chi connectivity index (χ3v) is 8.76. The van der Waals surface area contributed by atoms with Gasteiger partial charge >= 0.3 is 5.97 Å². The molecule has 1 atom stereocenters. The van der Waals surface area contributed by atoms with Gasteiger partial charge in [-0.2, -0.15) is 5.26 Å². The number of aryl methyl sites for hydroxylation is 1. The highest BCUT2D eigenvalue weighted by Gasteiger charge is 2.46. The number of thiophene rings is 1. The molecule has 0 radical (unpaired) electrons. The lowest BCUT2D eigenvalue weighted by Gasteiger charge is -2.43. The van der Waals surface area contributed by atoms with Crippen molar-refractivity contribution >= 4 is 28.1 Å². The van der Waals surface area contributed by atoms with E-state index in [4.69, 9.17) is 10.5 Å². The molecule has 0 fully saturated rings. The molecule has 2 aromatic heterocycles. The molecule has 2 aliphatic carbocycles. The second-order valence-corrected chi connectivity index (χ2v) is 11.8. The van der Waals surface area contributed by atoms with Crippen LogP contribution in [0.4, 0.5) is 5.00 Å². The molecule has 0 amide bonds. The minimum absolute atomic E-state index is 0.00107. The Hall–Kier alpha value is -3.44. The van der Waals surface area contributed by atoms with Crippen LogP contribution < -0.4 is 10.6 Å². The van der Waals surface area contributed by atoms with Crippen molar-refractivity contribution in [3.05, 3.63) is 68.8 Å². The third-order valence-electron chi connectivity index (χ3n) is 7.48. The van der Waals surface area contributed by atoms with Gasteiger partial charge in [-0.05, 0) is 61.6 Å². The predicted molar refractivity (Wildman–Crippen MR) is 143 cm³/mol. The van der Waals surface area contributed by atoms with Crippen LogP contribution >= 0.6 is 11.3 Å². The first kappa shape index (κ1) is 25.2. The first-order valence-electron chi connectivity index (χ1n) is 12.9. The Morgan fingerprint density at radius 3 is 2.78 bits per heavy atom. The van der Waals surface area contributed by atoms with Gasteiger partial charge in [-0.1, -0.05) is 26.3 Å². The summed E-state index contributed by atoms with van der Waals surface area (Å²) in [7, 11) is 0. The van der Waals surface area contributed by atoms with Crippen LogP contribution in [0.5, 0.6) is 0 Å². The lowest BCUT2D eigenvalue weighted by atomic mass is 9.69. The Balaban J connectivity index is 1.79. The van der Waals surface area contributed by atoms with Crippen molar-refractivity contribution in [3.63, 3.8) is 0 Å². The number of ketones is 1. The number of esters is 1. The van der Waals surface area contributed by atoms with Crippen LogP contribution in [0, 0.1) is 16.7 Å². The zero-order chi connectivity index (χ0) is 26.3. The molecule has 7 nitrogen and oxygen atoms in total. The fourth-order valence-electron chi connectivity index (χ4n) is 5.92. The van der Waals surface area contributed by atoms with E-state index in [-0.39, 0.29) is 29.6 Å². The van der Waals surface area contributed by atoms with Crippen molar-refractivity contribution in [1.82, 2.24) is 4.98 Å². The summed E-state index contributed by atoms with van der Waals surface area (Å²) >= 11 is 1.55. The minimum atomic E-state index is -0.586. The normalized spacial score (nSPS) is 21.2. The van der Waals surface area contributed by atoms with E-state index in [2.05, 4.69) is 24.9 Å². The van der Waals surface area contributed by atoms with Crippen molar-refractivity contribution in [3.8, 4) is 6.07 Å². The monoisotopic (exact) mass is 516 g/mol. The first-order valence-corrected chi connectivity index (χ1v) is 13.8. The Morgan fingerprint density at radius 2 is 2.08 bits per heavy atom. The summed E-state index contributed by atoms with van der Waals surface area (Å²) in [6.45, 7) is 6.20. The van der Waals surface area contributed by atoms with E-state index < -0.39 is 5.92 Å². The molecule has 0 unspecified atom stereocenters. The van der Waals surface area contributed by atoms with Gasteiger partial charge in [-0.15, -0.1) is 11.3 Å². The van der Waals surface area contributed by atoms with Crippen LogP contribution in [0.25, 0.3) is 0 Å². The van der Waals surface area contributed by atoms with E-state index >= 15 is 0 Å². The Bertz CT molecular complexity index is 1360. The van der Waals surface area contributed by atoms with E-state index in [1.165, 1.54) is 4.88 Å². The number of rotatable bonds is 4. The number of pyridine rings is 1. The van der Waals surface area contributed by atoms with Gasteiger partial charge < -0.3 is 10.5 Å². The number of anilines is 1. The molecule has 2 N–H and O–H groups in total. The van der Waals surface area contributed by atoms with E-state index in [1.54, 1.807) is 36.7 Å². The lowest BCUT2D eigenvalue weighted by Crippen LogP contribution is -2.42. The molecule has 192 valence electrons. The minimum Gasteiger partial charge on any atom is -0.462 e. The molecule has 0 spiro atoms. The number of hydrogen-bond acceptors (Lipinski definition) is 8. The van der Waals surface area contributed by atoms with Gasteiger partial charge in [0.2, 0.25) is 0 Å². The number of Topliss-reactive ketones (excluding diaryl/α,β-unsaturated/α-hetero) is 1. The van der Waals surface area contributed by atoms with Gasteiger partial charge in [-0.25, -0.2) is 4.79 Å². The maximum atomic E-state index is 13.8. The van der Waals surface area contributed by atoms with Crippen molar-refractivity contribution in [1.29, 1.82) is 5.26 Å². The molecule has 0 saturated carbocycles. The van der Waals surface area contributed by atoms with Crippen LogP contribution in [0.15, 0.2) is 47.2 Å². The number of nitrogens with two attached hydrogens (primary N) is 1.